The zero-order chi connectivity index (χ0) is 26.1. The molecule has 0 spiro atoms. The molecule has 0 bridgehead atoms. The highest BCUT2D eigenvalue weighted by molar-refractivity contribution is 5.86. The van der Waals surface area contributed by atoms with Crippen molar-refractivity contribution in [3.63, 3.8) is 0 Å². The van der Waals surface area contributed by atoms with Crippen LogP contribution < -0.4 is 16.0 Å². The van der Waals surface area contributed by atoms with Gasteiger partial charge in [0.05, 0.1) is 7.11 Å². The van der Waals surface area contributed by atoms with Crippen molar-refractivity contribution in [3.8, 4) is 0 Å². The highest BCUT2D eigenvalue weighted by atomic mass is 16.6. The number of Topliss-reactive ketones (excluding diaryl/α,β-unsaturated/α-hetero) is 1. The Labute approximate surface area is 201 Å². The molecule has 3 atom stereocenters. The first kappa shape index (κ1) is 29.2. The summed E-state index contributed by atoms with van der Waals surface area (Å²) in [6, 6.07) is -1.60. The van der Waals surface area contributed by atoms with Crippen molar-refractivity contribution in [1.82, 2.24) is 16.0 Å². The predicted octanol–water partition coefficient (Wildman–Crippen LogP) is 2.35. The van der Waals surface area contributed by atoms with Gasteiger partial charge < -0.3 is 30.2 Å². The first-order valence-electron chi connectivity index (χ1n) is 11.5. The summed E-state index contributed by atoms with van der Waals surface area (Å²) >= 11 is 0. The molecule has 2 unspecified atom stereocenters. The Bertz CT molecular complexity index is 760. The largest absolute Gasteiger partial charge is 0.467 e. The summed E-state index contributed by atoms with van der Waals surface area (Å²) in [6.07, 6.45) is 0.178. The first-order chi connectivity index (χ1) is 15.6. The van der Waals surface area contributed by atoms with Gasteiger partial charge in [-0.05, 0) is 67.2 Å². The van der Waals surface area contributed by atoms with Gasteiger partial charge in [-0.3, -0.25) is 9.59 Å². The standard InChI is InChI=1S/C23H39N3O8/c1-14-8-10-16(18(28)24-14)25-21(31)34-23(5,6)13-12-15(27)9-11-17(19(29)32-7)26-20(30)33-22(2,3)4/h14,16-17H,8-13H2,1-7H3,(H,24,28)(H,25,31)(H,26,30)/t14-,16?,17?/m0/s1. The highest BCUT2D eigenvalue weighted by Crippen LogP contribution is 2.19. The SMILES string of the molecule is COC(=O)C(CCC(=O)CCC(C)(C)OC(=O)NC1CC[C@H](C)NC1=O)NC(=O)OC(C)(C)C. The van der Waals surface area contributed by atoms with E-state index in [0.29, 0.717) is 6.42 Å². The summed E-state index contributed by atoms with van der Waals surface area (Å²) in [5, 5.41) is 7.76. The molecule has 0 saturated carbocycles. The van der Waals surface area contributed by atoms with Gasteiger partial charge in [-0.1, -0.05) is 0 Å². The first-order valence-corrected chi connectivity index (χ1v) is 11.5. The van der Waals surface area contributed by atoms with Crippen molar-refractivity contribution in [3.05, 3.63) is 0 Å². The van der Waals surface area contributed by atoms with Crippen LogP contribution in [0, 0.1) is 0 Å². The van der Waals surface area contributed by atoms with Gasteiger partial charge in [0.2, 0.25) is 5.91 Å². The molecule has 194 valence electrons. The summed E-state index contributed by atoms with van der Waals surface area (Å²) in [4.78, 5) is 60.5. The molecule has 1 aliphatic heterocycles. The van der Waals surface area contributed by atoms with E-state index in [9.17, 15) is 24.0 Å². The molecule has 1 heterocycles. The molecule has 0 aromatic carbocycles. The molecule has 1 rings (SSSR count). The van der Waals surface area contributed by atoms with Crippen LogP contribution in [0.5, 0.6) is 0 Å². The second-order valence-electron chi connectivity index (χ2n) is 10.1. The lowest BCUT2D eigenvalue weighted by Crippen LogP contribution is -2.54. The number of alkyl carbamates (subject to hydrolysis) is 2. The van der Waals surface area contributed by atoms with Crippen LogP contribution in [-0.2, 0) is 28.6 Å². The fraction of sp³-hybridized carbons (Fsp3) is 0.783. The fourth-order valence-electron chi connectivity index (χ4n) is 3.29. The fourth-order valence-corrected chi connectivity index (χ4v) is 3.29. The summed E-state index contributed by atoms with van der Waals surface area (Å²) in [5.74, 6) is -1.10. The van der Waals surface area contributed by atoms with E-state index in [4.69, 9.17) is 14.2 Å². The molecule has 34 heavy (non-hydrogen) atoms. The number of hydrogen-bond donors (Lipinski definition) is 3. The molecular weight excluding hydrogens is 446 g/mol. The van der Waals surface area contributed by atoms with Gasteiger partial charge in [0.15, 0.2) is 0 Å². The number of nitrogens with one attached hydrogen (secondary N) is 3. The minimum atomic E-state index is -1.02. The molecule has 3 N–H and O–H groups in total. The molecule has 1 saturated heterocycles. The van der Waals surface area contributed by atoms with E-state index in [1.807, 2.05) is 6.92 Å². The highest BCUT2D eigenvalue weighted by Gasteiger charge is 2.31. The smallest absolute Gasteiger partial charge is 0.408 e. The summed E-state index contributed by atoms with van der Waals surface area (Å²) in [5.41, 5.74) is -1.69. The number of methoxy groups -OCH3 is 1. The number of carbonyl (C=O) groups excluding carboxylic acids is 5. The van der Waals surface area contributed by atoms with Gasteiger partial charge in [0, 0.05) is 18.9 Å². The van der Waals surface area contributed by atoms with Crippen LogP contribution in [0.2, 0.25) is 0 Å². The maximum atomic E-state index is 12.4. The zero-order valence-corrected chi connectivity index (χ0v) is 21.2. The second kappa shape index (κ2) is 12.6. The second-order valence-corrected chi connectivity index (χ2v) is 10.1. The molecule has 0 aromatic heterocycles. The van der Waals surface area contributed by atoms with E-state index in [1.165, 1.54) is 7.11 Å². The number of amides is 3. The van der Waals surface area contributed by atoms with Gasteiger partial charge in [0.25, 0.3) is 0 Å². The number of rotatable bonds is 10. The lowest BCUT2D eigenvalue weighted by atomic mass is 9.98. The Morgan fingerprint density at radius 2 is 1.68 bits per heavy atom. The topological polar surface area (TPSA) is 149 Å². The minimum absolute atomic E-state index is 0.0122. The third kappa shape index (κ3) is 11.3. The Hall–Kier alpha value is -2.85. The third-order valence-corrected chi connectivity index (χ3v) is 5.15. The summed E-state index contributed by atoms with van der Waals surface area (Å²) in [7, 11) is 1.19. The molecule has 11 nitrogen and oxygen atoms in total. The van der Waals surface area contributed by atoms with Crippen molar-refractivity contribution in [1.29, 1.82) is 0 Å². The maximum Gasteiger partial charge on any atom is 0.408 e. The van der Waals surface area contributed by atoms with Gasteiger partial charge in [-0.2, -0.15) is 0 Å². The number of esters is 1. The van der Waals surface area contributed by atoms with E-state index in [-0.39, 0.29) is 43.4 Å². The van der Waals surface area contributed by atoms with Crippen LogP contribution in [0.3, 0.4) is 0 Å². The lowest BCUT2D eigenvalue weighted by molar-refractivity contribution is -0.143. The quantitative estimate of drug-likeness (QED) is 0.315. The normalized spacial score (nSPS) is 19.3. The van der Waals surface area contributed by atoms with E-state index in [2.05, 4.69) is 16.0 Å². The average molecular weight is 486 g/mol. The van der Waals surface area contributed by atoms with Crippen molar-refractivity contribution in [2.75, 3.05) is 7.11 Å². The van der Waals surface area contributed by atoms with Crippen molar-refractivity contribution in [2.24, 2.45) is 0 Å². The molecule has 1 aliphatic rings. The van der Waals surface area contributed by atoms with E-state index in [0.717, 1.165) is 6.42 Å². The van der Waals surface area contributed by atoms with E-state index < -0.39 is 41.4 Å². The van der Waals surface area contributed by atoms with Crippen LogP contribution in [0.4, 0.5) is 9.59 Å². The third-order valence-electron chi connectivity index (χ3n) is 5.15. The van der Waals surface area contributed by atoms with Crippen molar-refractivity contribution >= 4 is 29.8 Å². The molecule has 0 radical (unpaired) electrons. The Kier molecular flexibility index (Phi) is 10.8. The summed E-state index contributed by atoms with van der Waals surface area (Å²) in [6.45, 7) is 10.3. The van der Waals surface area contributed by atoms with Gasteiger partial charge in [-0.25, -0.2) is 14.4 Å². The number of carbonyl (C=O) groups is 5. The summed E-state index contributed by atoms with van der Waals surface area (Å²) < 4.78 is 15.3. The van der Waals surface area contributed by atoms with Gasteiger partial charge in [0.1, 0.15) is 29.1 Å². The number of piperidine rings is 1. The number of hydrogen-bond acceptors (Lipinski definition) is 8. The average Bonchev–Trinajstić information content (AvgIpc) is 2.69. The van der Waals surface area contributed by atoms with Crippen molar-refractivity contribution in [2.45, 2.75) is 109 Å². The predicted molar refractivity (Wildman–Crippen MR) is 123 cm³/mol. The maximum absolute atomic E-state index is 12.4. The van der Waals surface area contributed by atoms with Crippen LogP contribution in [0.15, 0.2) is 0 Å². The monoisotopic (exact) mass is 485 g/mol. The molecule has 0 aliphatic carbocycles. The molecule has 3 amide bonds. The van der Waals surface area contributed by atoms with E-state index >= 15 is 0 Å². The van der Waals surface area contributed by atoms with Crippen LogP contribution in [-0.4, -0.2) is 66.3 Å². The van der Waals surface area contributed by atoms with Gasteiger partial charge in [-0.15, -0.1) is 0 Å². The number of ketones is 1. The van der Waals surface area contributed by atoms with Crippen LogP contribution >= 0.6 is 0 Å². The molecule has 0 aromatic rings. The number of ether oxygens (including phenoxy) is 3. The van der Waals surface area contributed by atoms with Crippen molar-refractivity contribution < 1.29 is 38.2 Å². The molecule has 11 heteroatoms. The van der Waals surface area contributed by atoms with Gasteiger partial charge >= 0.3 is 18.2 Å². The molecular formula is C23H39N3O8. The van der Waals surface area contributed by atoms with Crippen LogP contribution in [0.1, 0.15) is 80.1 Å². The minimum Gasteiger partial charge on any atom is -0.467 e. The lowest BCUT2D eigenvalue weighted by Gasteiger charge is -2.29. The Balaban J connectivity index is 2.48. The Morgan fingerprint density at radius 3 is 2.24 bits per heavy atom. The Morgan fingerprint density at radius 1 is 1.03 bits per heavy atom. The van der Waals surface area contributed by atoms with Crippen LogP contribution in [0.25, 0.3) is 0 Å². The zero-order valence-electron chi connectivity index (χ0n) is 21.2. The molecule has 1 fully saturated rings. The van der Waals surface area contributed by atoms with E-state index in [1.54, 1.807) is 34.6 Å².